The number of carbonyl (C=O) groups is 5. The third kappa shape index (κ3) is 5.76. The summed E-state index contributed by atoms with van der Waals surface area (Å²) in [6, 6.07) is 11.0. The van der Waals surface area contributed by atoms with Crippen LogP contribution >= 0.6 is 0 Å². The minimum atomic E-state index is -1.51. The first kappa shape index (κ1) is 25.7. The van der Waals surface area contributed by atoms with Crippen LogP contribution in [0.2, 0.25) is 0 Å². The topological polar surface area (TPSA) is 204 Å². The van der Waals surface area contributed by atoms with Gasteiger partial charge >= 0.3 is 0 Å². The molecule has 1 aliphatic rings. The molecule has 0 aliphatic heterocycles. The molecule has 0 N–H and O–H groups in total. The minimum Gasteiger partial charge on any atom is -0.871 e. The average molecular weight is 490 g/mol. The lowest BCUT2D eigenvalue weighted by Gasteiger charge is -2.31. The molecule has 0 spiro atoms. The summed E-state index contributed by atoms with van der Waals surface area (Å²) in [6.07, 6.45) is -1.25. The number of Topliss-reactive ketones (excluding diaryl/α,β-unsaturated/α-hetero) is 1. The second kappa shape index (κ2) is 10.6. The van der Waals surface area contributed by atoms with Crippen molar-refractivity contribution < 1.29 is 49.5 Å². The monoisotopic (exact) mass is 490 g/mol. The van der Waals surface area contributed by atoms with E-state index in [2.05, 4.69) is 0 Å². The molecule has 0 saturated carbocycles. The van der Waals surface area contributed by atoms with Crippen molar-refractivity contribution in [1.29, 1.82) is 0 Å². The standard InChI is InChI=1S/C25H21NO10/c27-18(28)9-16(10-19(29)30)13-1-3-14(4-2-13)22-24(35)23(25(22)36)15-5-7-17(8-6-15)26(11-20(31)32)12-21(33)34/h1-8,35H,9-12H2,(H,27,28)(H,29,30)(H,31,32)(H,33,34)/p-5. The number of carbonyl (C=O) groups excluding carboxylic acids is 5. The number of benzene rings is 2. The Kier molecular flexibility index (Phi) is 7.53. The maximum absolute atomic E-state index is 12.7. The van der Waals surface area contributed by atoms with Crippen molar-refractivity contribution in [3.63, 3.8) is 0 Å². The van der Waals surface area contributed by atoms with Crippen LogP contribution in [0.4, 0.5) is 5.69 Å². The zero-order chi connectivity index (χ0) is 26.6. The second-order valence-electron chi connectivity index (χ2n) is 7.83. The van der Waals surface area contributed by atoms with Gasteiger partial charge < -0.3 is 49.6 Å². The van der Waals surface area contributed by atoms with Crippen molar-refractivity contribution in [2.45, 2.75) is 12.8 Å². The molecule has 0 saturated heterocycles. The molecule has 2 aromatic rings. The van der Waals surface area contributed by atoms with E-state index in [1.807, 2.05) is 0 Å². The molecule has 0 atom stereocenters. The summed E-state index contributed by atoms with van der Waals surface area (Å²) in [6.45, 7) is -1.42. The van der Waals surface area contributed by atoms with Gasteiger partial charge in [0, 0.05) is 41.6 Å². The molecule has 11 heteroatoms. The fourth-order valence-electron chi connectivity index (χ4n) is 3.79. The van der Waals surface area contributed by atoms with Gasteiger partial charge in [-0.05, 0) is 28.1 Å². The molecule has 186 valence electrons. The first-order valence-corrected chi connectivity index (χ1v) is 10.4. The Morgan fingerprint density at radius 3 is 1.58 bits per heavy atom. The first-order valence-electron chi connectivity index (χ1n) is 10.4. The first-order chi connectivity index (χ1) is 17.0. The molecular formula is C25H16NO10-5. The van der Waals surface area contributed by atoms with E-state index in [1.165, 1.54) is 48.5 Å². The maximum atomic E-state index is 12.7. The zero-order valence-electron chi connectivity index (χ0n) is 18.5. The van der Waals surface area contributed by atoms with Crippen molar-refractivity contribution in [3.05, 3.63) is 70.3 Å². The summed E-state index contributed by atoms with van der Waals surface area (Å²) >= 11 is 0. The van der Waals surface area contributed by atoms with Crippen molar-refractivity contribution in [3.8, 4) is 0 Å². The lowest BCUT2D eigenvalue weighted by Crippen LogP contribution is -2.44. The highest BCUT2D eigenvalue weighted by molar-refractivity contribution is 6.51. The molecule has 11 nitrogen and oxygen atoms in total. The smallest absolute Gasteiger partial charge is 0.193 e. The summed E-state index contributed by atoms with van der Waals surface area (Å²) in [5.41, 5.74) is 0.253. The summed E-state index contributed by atoms with van der Waals surface area (Å²) in [4.78, 5) is 57.3. The van der Waals surface area contributed by atoms with Gasteiger partial charge in [0.25, 0.3) is 0 Å². The van der Waals surface area contributed by atoms with E-state index in [4.69, 9.17) is 0 Å². The number of hydrogen-bond donors (Lipinski definition) is 0. The van der Waals surface area contributed by atoms with Crippen LogP contribution in [-0.4, -0.2) is 42.7 Å². The Morgan fingerprint density at radius 2 is 1.17 bits per heavy atom. The van der Waals surface area contributed by atoms with E-state index in [0.717, 1.165) is 4.90 Å². The second-order valence-corrected chi connectivity index (χ2v) is 7.83. The number of anilines is 1. The summed E-state index contributed by atoms with van der Waals surface area (Å²) < 4.78 is 0. The summed E-state index contributed by atoms with van der Waals surface area (Å²) in [5.74, 6) is -7.07. The van der Waals surface area contributed by atoms with E-state index in [9.17, 15) is 49.5 Å². The summed E-state index contributed by atoms with van der Waals surface area (Å²) in [5, 5.41) is 56.8. The number of rotatable bonds is 10. The van der Waals surface area contributed by atoms with Crippen LogP contribution in [0.3, 0.4) is 0 Å². The van der Waals surface area contributed by atoms with Crippen LogP contribution in [0.1, 0.15) is 18.4 Å². The van der Waals surface area contributed by atoms with Gasteiger partial charge in [0.2, 0.25) is 0 Å². The Morgan fingerprint density at radius 1 is 0.667 bits per heavy atom. The number of carboxylic acid groups (broad SMARTS) is 4. The van der Waals surface area contributed by atoms with Crippen LogP contribution in [0.15, 0.2) is 54.3 Å². The van der Waals surface area contributed by atoms with Crippen molar-refractivity contribution in [2.24, 2.45) is 0 Å². The van der Waals surface area contributed by atoms with Gasteiger partial charge in [0.15, 0.2) is 5.78 Å². The molecule has 0 aromatic heterocycles. The van der Waals surface area contributed by atoms with Crippen LogP contribution in [0.25, 0.3) is 16.7 Å². The van der Waals surface area contributed by atoms with Gasteiger partial charge in [-0.15, -0.1) is 0 Å². The Balaban J connectivity index is 1.95. The summed E-state index contributed by atoms with van der Waals surface area (Å²) in [7, 11) is 0. The predicted molar refractivity (Wildman–Crippen MR) is 112 cm³/mol. The molecule has 1 aliphatic carbocycles. The Hall–Kier alpha value is -4.93. The van der Waals surface area contributed by atoms with Crippen LogP contribution < -0.4 is 40.9 Å². The molecule has 3 rings (SSSR count). The van der Waals surface area contributed by atoms with Crippen molar-refractivity contribution in [2.75, 3.05) is 18.0 Å². The van der Waals surface area contributed by atoms with E-state index in [1.54, 1.807) is 0 Å². The van der Waals surface area contributed by atoms with E-state index < -0.39 is 61.4 Å². The molecule has 0 radical (unpaired) electrons. The number of allylic oxidation sites excluding steroid dienone is 2. The fraction of sp³-hybridized carbons (Fsp3) is 0.160. The molecule has 36 heavy (non-hydrogen) atoms. The van der Waals surface area contributed by atoms with Gasteiger partial charge in [0.05, 0.1) is 25.0 Å². The maximum Gasteiger partial charge on any atom is 0.193 e. The number of aliphatic carboxylic acids is 4. The highest BCUT2D eigenvalue weighted by Gasteiger charge is 2.28. The van der Waals surface area contributed by atoms with Gasteiger partial charge in [0.1, 0.15) is 0 Å². The number of nitrogens with zero attached hydrogens (tertiary/aromatic N) is 1. The van der Waals surface area contributed by atoms with Gasteiger partial charge in [-0.25, -0.2) is 0 Å². The van der Waals surface area contributed by atoms with Crippen LogP contribution in [0, 0.1) is 0 Å². The lowest BCUT2D eigenvalue weighted by atomic mass is 9.82. The van der Waals surface area contributed by atoms with Crippen LogP contribution in [0.5, 0.6) is 0 Å². The van der Waals surface area contributed by atoms with Crippen LogP contribution in [-0.2, 0) is 24.0 Å². The number of hydrogen-bond acceptors (Lipinski definition) is 11. The molecule has 0 amide bonds. The quantitative estimate of drug-likeness (QED) is 0.306. The highest BCUT2D eigenvalue weighted by Crippen LogP contribution is 2.35. The molecule has 0 heterocycles. The number of carboxylic acids is 4. The molecule has 0 unspecified atom stereocenters. The van der Waals surface area contributed by atoms with Gasteiger partial charge in [-0.2, -0.15) is 0 Å². The molecule has 0 bridgehead atoms. The SMILES string of the molecule is O=C([O-])CC(CC(=O)[O-])=c1ccc(=C2C(=O)C(c3ccc(N(CC(=O)[O-])CC(=O)[O-])cc3)=C2[O-])cc1. The van der Waals surface area contributed by atoms with Crippen molar-refractivity contribution >= 4 is 52.1 Å². The molecule has 0 fully saturated rings. The van der Waals surface area contributed by atoms with Gasteiger partial charge in [-0.3, -0.25) is 4.79 Å². The van der Waals surface area contributed by atoms with E-state index >= 15 is 0 Å². The molecule has 2 aromatic carbocycles. The average Bonchev–Trinajstić information content (AvgIpc) is 2.78. The predicted octanol–water partition coefficient (Wildman–Crippen LogP) is -6.07. The normalized spacial score (nSPS) is 12.7. The highest BCUT2D eigenvalue weighted by atomic mass is 16.4. The Labute approximate surface area is 203 Å². The lowest BCUT2D eigenvalue weighted by molar-refractivity contribution is -0.307. The molecular weight excluding hydrogens is 474 g/mol. The third-order valence-corrected chi connectivity index (χ3v) is 5.37. The Bertz CT molecular complexity index is 1360. The van der Waals surface area contributed by atoms with E-state index in [-0.39, 0.29) is 38.4 Å². The van der Waals surface area contributed by atoms with Gasteiger partial charge in [-0.1, -0.05) is 47.7 Å². The third-order valence-electron chi connectivity index (χ3n) is 5.37. The zero-order valence-corrected chi connectivity index (χ0v) is 18.5. The number of ketones is 1. The largest absolute Gasteiger partial charge is 0.871 e. The fourth-order valence-corrected chi connectivity index (χ4v) is 3.79. The van der Waals surface area contributed by atoms with Crippen molar-refractivity contribution in [1.82, 2.24) is 0 Å². The minimum absolute atomic E-state index is 0.0385. The van der Waals surface area contributed by atoms with E-state index in [0.29, 0.717) is 0 Å².